The molecule has 1 unspecified atom stereocenters. The van der Waals surface area contributed by atoms with Crippen LogP contribution in [0.15, 0.2) is 23.1 Å². The van der Waals surface area contributed by atoms with E-state index >= 15 is 0 Å². The molecule has 1 saturated heterocycles. The first kappa shape index (κ1) is 25.3. The Kier molecular flexibility index (Phi) is 7.08. The number of nitrogens with zero attached hydrogens (tertiary/aromatic N) is 8. The monoisotopic (exact) mass is 491 g/mol. The number of pyridine rings is 1. The number of anilines is 1. The molecule has 0 radical (unpaired) electrons. The van der Waals surface area contributed by atoms with Gasteiger partial charge in [0, 0.05) is 58.1 Å². The van der Waals surface area contributed by atoms with Gasteiger partial charge in [-0.05, 0) is 45.4 Å². The van der Waals surface area contributed by atoms with Crippen molar-refractivity contribution in [3.63, 3.8) is 0 Å². The van der Waals surface area contributed by atoms with Crippen molar-refractivity contribution in [3.8, 4) is 6.07 Å². The second-order valence-electron chi connectivity index (χ2n) is 9.33. The summed E-state index contributed by atoms with van der Waals surface area (Å²) in [5.74, 6) is 0.993. The Bertz CT molecular complexity index is 1390. The third kappa shape index (κ3) is 4.33. The highest BCUT2D eigenvalue weighted by molar-refractivity contribution is 5.92. The molecule has 0 aromatic carbocycles. The molecular weight excluding hydrogens is 458 g/mol. The molecule has 1 N–H and O–H groups in total. The summed E-state index contributed by atoms with van der Waals surface area (Å²) < 4.78 is 3.43. The van der Waals surface area contributed by atoms with Gasteiger partial charge in [-0.15, -0.1) is 0 Å². The summed E-state index contributed by atoms with van der Waals surface area (Å²) in [5, 5.41) is 11.9. The smallest absolute Gasteiger partial charge is 0.350 e. The minimum Gasteiger partial charge on any atom is -0.354 e. The van der Waals surface area contributed by atoms with Crippen LogP contribution in [0.25, 0.3) is 11.2 Å². The number of nitriles is 1. The summed E-state index contributed by atoms with van der Waals surface area (Å²) >= 11 is 0. The summed E-state index contributed by atoms with van der Waals surface area (Å²) in [5.41, 5.74) is 2.41. The second-order valence-corrected chi connectivity index (χ2v) is 9.33. The van der Waals surface area contributed by atoms with Crippen molar-refractivity contribution in [3.05, 3.63) is 45.9 Å². The van der Waals surface area contributed by atoms with Crippen molar-refractivity contribution in [2.24, 2.45) is 7.05 Å². The van der Waals surface area contributed by atoms with Crippen molar-refractivity contribution in [2.45, 2.75) is 58.8 Å². The fourth-order valence-corrected chi connectivity index (χ4v) is 5.17. The minimum absolute atomic E-state index is 0.0536. The van der Waals surface area contributed by atoms with Crippen LogP contribution in [0.2, 0.25) is 0 Å². The van der Waals surface area contributed by atoms with Crippen molar-refractivity contribution in [1.82, 2.24) is 34.3 Å². The Hall–Kier alpha value is -3.78. The zero-order chi connectivity index (χ0) is 26.1. The predicted octanol–water partition coefficient (Wildman–Crippen LogP) is 1.63. The first-order valence-electron chi connectivity index (χ1n) is 12.2. The molecule has 1 fully saturated rings. The van der Waals surface area contributed by atoms with E-state index in [4.69, 9.17) is 4.98 Å². The summed E-state index contributed by atoms with van der Waals surface area (Å²) in [6.45, 7) is 10.4. The Balaban J connectivity index is 1.68. The van der Waals surface area contributed by atoms with Gasteiger partial charge in [-0.3, -0.25) is 19.2 Å². The molecule has 3 aromatic rings. The standard InChI is InChI=1S/C25H33N9O2/c1-7-32-20(8-10-26)29-21-22(30-25(36)31(6)24(21)32)34-14-15(2)33(13-16(34)3)17(4)18-9-11-28-19(12-18)23(35)27-5/h9,11-12,15-17H,7-8,13-14H2,1-6H3,(H,27,35)/t15-,16+,17?/m1/s1. The van der Waals surface area contributed by atoms with E-state index in [2.05, 4.69) is 51.9 Å². The molecule has 0 spiro atoms. The van der Waals surface area contributed by atoms with Crippen LogP contribution in [0.4, 0.5) is 5.82 Å². The molecule has 11 nitrogen and oxygen atoms in total. The topological polar surface area (TPSA) is 125 Å². The Morgan fingerprint density at radius 3 is 2.69 bits per heavy atom. The van der Waals surface area contributed by atoms with Crippen molar-refractivity contribution >= 4 is 22.9 Å². The molecule has 190 valence electrons. The lowest BCUT2D eigenvalue weighted by Gasteiger charge is -2.47. The number of fused-ring (bicyclic) bond motifs is 1. The van der Waals surface area contributed by atoms with E-state index in [9.17, 15) is 14.9 Å². The highest BCUT2D eigenvalue weighted by Crippen LogP contribution is 2.32. The van der Waals surface area contributed by atoms with Crippen molar-refractivity contribution < 1.29 is 4.79 Å². The molecule has 1 amide bonds. The number of rotatable bonds is 6. The lowest BCUT2D eigenvalue weighted by atomic mass is 10.0. The average molecular weight is 492 g/mol. The Morgan fingerprint density at radius 2 is 2.03 bits per heavy atom. The number of nitrogens with one attached hydrogen (secondary N) is 1. The SMILES string of the molecule is CCn1c(CC#N)nc2c(N3C[C@@H](C)N(C(C)c4ccnc(C(=O)NC)c4)C[C@@H]3C)nc(=O)n(C)c21. The third-order valence-electron chi connectivity index (χ3n) is 7.12. The van der Waals surface area contributed by atoms with E-state index in [1.54, 1.807) is 20.3 Å². The van der Waals surface area contributed by atoms with E-state index in [0.717, 1.165) is 12.1 Å². The molecule has 3 atom stereocenters. The van der Waals surface area contributed by atoms with Crippen molar-refractivity contribution in [2.75, 3.05) is 25.0 Å². The highest BCUT2D eigenvalue weighted by atomic mass is 16.2. The third-order valence-corrected chi connectivity index (χ3v) is 7.12. The van der Waals surface area contributed by atoms with Crippen LogP contribution in [-0.4, -0.2) is 67.1 Å². The van der Waals surface area contributed by atoms with Gasteiger partial charge in [0.15, 0.2) is 5.82 Å². The van der Waals surface area contributed by atoms with Gasteiger partial charge in [-0.2, -0.15) is 10.2 Å². The number of imidazole rings is 1. The van der Waals surface area contributed by atoms with E-state index in [1.165, 1.54) is 4.57 Å². The summed E-state index contributed by atoms with van der Waals surface area (Å²) in [6.07, 6.45) is 1.83. The number of aryl methyl sites for hydroxylation is 2. The fourth-order valence-electron chi connectivity index (χ4n) is 5.17. The number of piperazine rings is 1. The first-order chi connectivity index (χ1) is 17.2. The van der Waals surface area contributed by atoms with E-state index < -0.39 is 0 Å². The normalized spacial score (nSPS) is 19.3. The summed E-state index contributed by atoms with van der Waals surface area (Å²) in [7, 11) is 3.29. The number of hydrogen-bond donors (Lipinski definition) is 1. The molecule has 0 aliphatic carbocycles. The molecule has 11 heteroatoms. The molecule has 1 aliphatic heterocycles. The maximum Gasteiger partial charge on any atom is 0.350 e. The number of hydrogen-bond acceptors (Lipinski definition) is 8. The largest absolute Gasteiger partial charge is 0.354 e. The summed E-state index contributed by atoms with van der Waals surface area (Å²) in [6, 6.07) is 6.22. The molecule has 4 rings (SSSR count). The zero-order valence-corrected chi connectivity index (χ0v) is 21.7. The number of carbonyl (C=O) groups excluding carboxylic acids is 1. The Morgan fingerprint density at radius 1 is 1.28 bits per heavy atom. The lowest BCUT2D eigenvalue weighted by Crippen LogP contribution is -2.57. The maximum atomic E-state index is 12.9. The first-order valence-corrected chi connectivity index (χ1v) is 12.2. The van der Waals surface area contributed by atoms with E-state index in [1.807, 2.05) is 23.6 Å². The minimum atomic E-state index is -0.343. The summed E-state index contributed by atoms with van der Waals surface area (Å²) in [4.78, 5) is 42.9. The lowest BCUT2D eigenvalue weighted by molar-refractivity contribution is 0.0957. The van der Waals surface area contributed by atoms with Gasteiger partial charge in [0.1, 0.15) is 22.7 Å². The molecular formula is C25H33N9O2. The molecule has 3 aromatic heterocycles. The molecule has 1 aliphatic rings. The van der Waals surface area contributed by atoms with Gasteiger partial charge in [0.2, 0.25) is 0 Å². The number of amides is 1. The van der Waals surface area contributed by atoms with Gasteiger partial charge < -0.3 is 14.8 Å². The van der Waals surface area contributed by atoms with Crippen LogP contribution in [0.1, 0.15) is 55.6 Å². The van der Waals surface area contributed by atoms with E-state index in [-0.39, 0.29) is 36.1 Å². The molecule has 0 bridgehead atoms. The van der Waals surface area contributed by atoms with Crippen LogP contribution >= 0.6 is 0 Å². The quantitative estimate of drug-likeness (QED) is 0.552. The average Bonchev–Trinajstić information content (AvgIpc) is 3.25. The van der Waals surface area contributed by atoms with Gasteiger partial charge in [-0.25, -0.2) is 9.78 Å². The van der Waals surface area contributed by atoms with Gasteiger partial charge in [0.25, 0.3) is 5.91 Å². The molecule has 36 heavy (non-hydrogen) atoms. The van der Waals surface area contributed by atoms with Crippen LogP contribution in [-0.2, 0) is 20.0 Å². The maximum absolute atomic E-state index is 12.9. The van der Waals surface area contributed by atoms with Gasteiger partial charge >= 0.3 is 5.69 Å². The molecule has 0 saturated carbocycles. The Labute approximate surface area is 210 Å². The van der Waals surface area contributed by atoms with Crippen LogP contribution in [0.5, 0.6) is 0 Å². The van der Waals surface area contributed by atoms with Crippen LogP contribution < -0.4 is 15.9 Å². The number of carbonyl (C=O) groups is 1. The fraction of sp³-hybridized carbons (Fsp3) is 0.520. The van der Waals surface area contributed by atoms with Crippen molar-refractivity contribution in [1.29, 1.82) is 5.26 Å². The number of aromatic nitrogens is 5. The molecule has 4 heterocycles. The van der Waals surface area contributed by atoms with E-state index in [0.29, 0.717) is 41.6 Å². The predicted molar refractivity (Wildman–Crippen MR) is 137 cm³/mol. The zero-order valence-electron chi connectivity index (χ0n) is 21.7. The van der Waals surface area contributed by atoms with Crippen LogP contribution in [0, 0.1) is 11.3 Å². The highest BCUT2D eigenvalue weighted by Gasteiger charge is 2.35. The van der Waals surface area contributed by atoms with Crippen LogP contribution in [0.3, 0.4) is 0 Å². The second kappa shape index (κ2) is 10.1. The van der Waals surface area contributed by atoms with Gasteiger partial charge in [-0.1, -0.05) is 0 Å². The van der Waals surface area contributed by atoms with Gasteiger partial charge in [0.05, 0.1) is 12.5 Å².